The first kappa shape index (κ1) is 22.1. The van der Waals surface area contributed by atoms with Gasteiger partial charge in [0, 0.05) is 32.2 Å². The molecule has 2 aliphatic heterocycles. The Bertz CT molecular complexity index is 607. The second kappa shape index (κ2) is 10.9. The van der Waals surface area contributed by atoms with Crippen LogP contribution >= 0.6 is 24.0 Å². The Morgan fingerprint density at radius 2 is 2.00 bits per heavy atom. The second-order valence-corrected chi connectivity index (χ2v) is 7.17. The molecule has 0 saturated carbocycles. The van der Waals surface area contributed by atoms with Crippen molar-refractivity contribution in [1.82, 2.24) is 15.1 Å². The number of aliphatic imine (C=N–C) groups is 1. The van der Waals surface area contributed by atoms with E-state index in [9.17, 15) is 0 Å². The zero-order valence-corrected chi connectivity index (χ0v) is 19.0. The molecule has 27 heavy (non-hydrogen) atoms. The standard InChI is InChI=1S/C20H32N4O2.HI/c1-16(26-19-8-6-7-18(13-19)25-3)14-22-20(21-2)24-12-9-17(15-24)23-10-4-5-11-23;/h6-8,13,16-17H,4-5,9-12,14-15H2,1-3H3,(H,21,22);1H. The highest BCUT2D eigenvalue weighted by Crippen LogP contribution is 2.21. The van der Waals surface area contributed by atoms with Crippen molar-refractivity contribution in [3.63, 3.8) is 0 Å². The lowest BCUT2D eigenvalue weighted by molar-refractivity contribution is 0.220. The molecule has 2 aliphatic rings. The predicted molar refractivity (Wildman–Crippen MR) is 121 cm³/mol. The molecule has 2 unspecified atom stereocenters. The fourth-order valence-electron chi connectivity index (χ4n) is 3.85. The molecule has 1 N–H and O–H groups in total. The molecule has 0 radical (unpaired) electrons. The molecule has 0 amide bonds. The van der Waals surface area contributed by atoms with Gasteiger partial charge in [-0.15, -0.1) is 24.0 Å². The van der Waals surface area contributed by atoms with Crippen LogP contribution in [0.5, 0.6) is 11.5 Å². The summed E-state index contributed by atoms with van der Waals surface area (Å²) in [5, 5.41) is 3.47. The monoisotopic (exact) mass is 488 g/mol. The van der Waals surface area contributed by atoms with E-state index in [0.29, 0.717) is 6.04 Å². The minimum Gasteiger partial charge on any atom is -0.497 e. The van der Waals surface area contributed by atoms with E-state index in [1.807, 2.05) is 31.3 Å². The number of hydrogen-bond acceptors (Lipinski definition) is 4. The van der Waals surface area contributed by atoms with Crippen molar-refractivity contribution in [3.05, 3.63) is 24.3 Å². The molecule has 7 heteroatoms. The van der Waals surface area contributed by atoms with E-state index in [0.717, 1.165) is 37.1 Å². The van der Waals surface area contributed by atoms with Crippen LogP contribution in [0.3, 0.4) is 0 Å². The molecule has 0 aliphatic carbocycles. The summed E-state index contributed by atoms with van der Waals surface area (Å²) in [5.41, 5.74) is 0. The van der Waals surface area contributed by atoms with Gasteiger partial charge in [0.2, 0.25) is 0 Å². The van der Waals surface area contributed by atoms with E-state index >= 15 is 0 Å². The Morgan fingerprint density at radius 3 is 2.70 bits per heavy atom. The summed E-state index contributed by atoms with van der Waals surface area (Å²) in [4.78, 5) is 9.49. The number of ether oxygens (including phenoxy) is 2. The van der Waals surface area contributed by atoms with Gasteiger partial charge in [0.15, 0.2) is 5.96 Å². The average molecular weight is 488 g/mol. The summed E-state index contributed by atoms with van der Waals surface area (Å²) < 4.78 is 11.2. The first-order valence-corrected chi connectivity index (χ1v) is 9.70. The van der Waals surface area contributed by atoms with Crippen LogP contribution in [-0.2, 0) is 0 Å². The number of methoxy groups -OCH3 is 1. The fraction of sp³-hybridized carbons (Fsp3) is 0.650. The zero-order chi connectivity index (χ0) is 18.4. The molecule has 0 spiro atoms. The fourth-order valence-corrected chi connectivity index (χ4v) is 3.85. The Morgan fingerprint density at radius 1 is 1.26 bits per heavy atom. The smallest absolute Gasteiger partial charge is 0.193 e. The maximum absolute atomic E-state index is 5.99. The van der Waals surface area contributed by atoms with E-state index in [1.54, 1.807) is 7.11 Å². The predicted octanol–water partition coefficient (Wildman–Crippen LogP) is 2.83. The molecule has 152 valence electrons. The van der Waals surface area contributed by atoms with Crippen LogP contribution in [-0.4, -0.2) is 74.8 Å². The molecule has 1 aromatic rings. The molecule has 0 bridgehead atoms. The highest BCUT2D eigenvalue weighted by Gasteiger charge is 2.30. The number of rotatable bonds is 6. The second-order valence-electron chi connectivity index (χ2n) is 7.17. The summed E-state index contributed by atoms with van der Waals surface area (Å²) in [6, 6.07) is 8.40. The Hall–Kier alpha value is -1.22. The third-order valence-corrected chi connectivity index (χ3v) is 5.26. The van der Waals surface area contributed by atoms with Crippen LogP contribution in [0.1, 0.15) is 26.2 Å². The van der Waals surface area contributed by atoms with Gasteiger partial charge in [-0.05, 0) is 51.4 Å². The molecular weight excluding hydrogens is 455 g/mol. The van der Waals surface area contributed by atoms with Gasteiger partial charge in [-0.25, -0.2) is 0 Å². The SMILES string of the molecule is CN=C(NCC(C)Oc1cccc(OC)c1)N1CCC(N2CCCC2)C1.I. The van der Waals surface area contributed by atoms with Crippen molar-refractivity contribution in [3.8, 4) is 11.5 Å². The van der Waals surface area contributed by atoms with Crippen molar-refractivity contribution in [2.45, 2.75) is 38.3 Å². The Labute approximate surface area is 180 Å². The molecule has 2 atom stereocenters. The van der Waals surface area contributed by atoms with Crippen LogP contribution in [0.25, 0.3) is 0 Å². The first-order valence-electron chi connectivity index (χ1n) is 9.70. The molecule has 0 aromatic heterocycles. The summed E-state index contributed by atoms with van der Waals surface area (Å²) in [7, 11) is 3.53. The number of halogens is 1. The van der Waals surface area contributed by atoms with Crippen LogP contribution in [0, 0.1) is 0 Å². The van der Waals surface area contributed by atoms with Crippen molar-refractivity contribution in [2.75, 3.05) is 46.9 Å². The molecular formula is C20H33IN4O2. The van der Waals surface area contributed by atoms with Crippen molar-refractivity contribution >= 4 is 29.9 Å². The lowest BCUT2D eigenvalue weighted by Gasteiger charge is -2.26. The van der Waals surface area contributed by atoms with Crippen molar-refractivity contribution in [1.29, 1.82) is 0 Å². The van der Waals surface area contributed by atoms with Gasteiger partial charge < -0.3 is 19.7 Å². The minimum absolute atomic E-state index is 0. The highest BCUT2D eigenvalue weighted by molar-refractivity contribution is 14.0. The first-order chi connectivity index (χ1) is 12.7. The van der Waals surface area contributed by atoms with Gasteiger partial charge in [0.1, 0.15) is 17.6 Å². The highest BCUT2D eigenvalue weighted by atomic mass is 127. The Kier molecular flexibility index (Phi) is 8.95. The molecule has 2 fully saturated rings. The van der Waals surface area contributed by atoms with E-state index in [4.69, 9.17) is 9.47 Å². The number of benzene rings is 1. The number of nitrogens with zero attached hydrogens (tertiary/aromatic N) is 3. The lowest BCUT2D eigenvalue weighted by atomic mass is 10.2. The summed E-state index contributed by atoms with van der Waals surface area (Å²) >= 11 is 0. The molecule has 2 saturated heterocycles. The summed E-state index contributed by atoms with van der Waals surface area (Å²) in [6.07, 6.45) is 3.97. The van der Waals surface area contributed by atoms with Gasteiger partial charge in [-0.1, -0.05) is 6.07 Å². The van der Waals surface area contributed by atoms with Gasteiger partial charge >= 0.3 is 0 Å². The maximum atomic E-state index is 5.99. The number of likely N-dealkylation sites (tertiary alicyclic amines) is 2. The van der Waals surface area contributed by atoms with Gasteiger partial charge in [0.25, 0.3) is 0 Å². The molecule has 1 aromatic carbocycles. The van der Waals surface area contributed by atoms with Crippen molar-refractivity contribution in [2.24, 2.45) is 4.99 Å². The average Bonchev–Trinajstić information content (AvgIpc) is 3.34. The third-order valence-electron chi connectivity index (χ3n) is 5.26. The van der Waals surface area contributed by atoms with E-state index in [2.05, 4.69) is 27.0 Å². The third kappa shape index (κ3) is 6.14. The normalized spacial score (nSPS) is 21.7. The molecule has 3 rings (SSSR count). The Balaban J connectivity index is 0.00000261. The number of guanidine groups is 1. The van der Waals surface area contributed by atoms with E-state index < -0.39 is 0 Å². The van der Waals surface area contributed by atoms with Gasteiger partial charge in [0.05, 0.1) is 13.7 Å². The minimum atomic E-state index is 0. The zero-order valence-electron chi connectivity index (χ0n) is 16.7. The quantitative estimate of drug-likeness (QED) is 0.379. The molecule has 6 nitrogen and oxygen atoms in total. The van der Waals surface area contributed by atoms with Gasteiger partial charge in [-0.2, -0.15) is 0 Å². The number of nitrogens with one attached hydrogen (secondary N) is 1. The summed E-state index contributed by atoms with van der Waals surface area (Å²) in [6.45, 7) is 7.45. The van der Waals surface area contributed by atoms with E-state index in [1.165, 1.54) is 32.4 Å². The topological polar surface area (TPSA) is 49.3 Å². The van der Waals surface area contributed by atoms with Crippen LogP contribution in [0.4, 0.5) is 0 Å². The maximum Gasteiger partial charge on any atom is 0.193 e. The number of hydrogen-bond donors (Lipinski definition) is 1. The van der Waals surface area contributed by atoms with Crippen molar-refractivity contribution < 1.29 is 9.47 Å². The summed E-state index contributed by atoms with van der Waals surface area (Å²) in [5.74, 6) is 2.61. The van der Waals surface area contributed by atoms with Crippen LogP contribution in [0.15, 0.2) is 29.3 Å². The van der Waals surface area contributed by atoms with Crippen LogP contribution in [0.2, 0.25) is 0 Å². The molecule has 2 heterocycles. The van der Waals surface area contributed by atoms with E-state index in [-0.39, 0.29) is 30.1 Å². The van der Waals surface area contributed by atoms with Gasteiger partial charge in [-0.3, -0.25) is 9.89 Å². The lowest BCUT2D eigenvalue weighted by Crippen LogP contribution is -2.45. The largest absolute Gasteiger partial charge is 0.497 e. The van der Waals surface area contributed by atoms with Crippen LogP contribution < -0.4 is 14.8 Å².